The van der Waals surface area contributed by atoms with Crippen LogP contribution in [0, 0.1) is 18.3 Å². The second-order valence-corrected chi connectivity index (χ2v) is 5.55. The van der Waals surface area contributed by atoms with E-state index in [1.165, 1.54) is 0 Å². The molecule has 2 heterocycles. The molecule has 0 saturated heterocycles. The summed E-state index contributed by atoms with van der Waals surface area (Å²) in [5.41, 5.74) is 1.78. The molecule has 0 aliphatic rings. The van der Waals surface area contributed by atoms with Crippen molar-refractivity contribution in [2.24, 2.45) is 0 Å². The number of hydrogen-bond donors (Lipinski definition) is 1. The molecule has 132 valence electrons. The number of imidazole rings is 1. The smallest absolute Gasteiger partial charge is 0.324 e. The van der Waals surface area contributed by atoms with E-state index in [4.69, 9.17) is 5.26 Å². The lowest BCUT2D eigenvalue weighted by Crippen LogP contribution is -2.10. The van der Waals surface area contributed by atoms with Crippen LogP contribution in [0.1, 0.15) is 17.0 Å². The molecule has 6 nitrogen and oxygen atoms in total. The average Bonchev–Trinajstić information content (AvgIpc) is 3.03. The molecule has 9 heteroatoms. The first-order valence-corrected chi connectivity index (χ1v) is 7.54. The molecule has 0 radical (unpaired) electrons. The van der Waals surface area contributed by atoms with Gasteiger partial charge < -0.3 is 9.88 Å². The number of anilines is 2. The maximum absolute atomic E-state index is 12.8. The number of benzene rings is 1. The van der Waals surface area contributed by atoms with Gasteiger partial charge >= 0.3 is 6.18 Å². The van der Waals surface area contributed by atoms with Gasteiger partial charge in [-0.25, -0.2) is 15.0 Å². The Kier molecular flexibility index (Phi) is 4.58. The Morgan fingerprint density at radius 1 is 1.23 bits per heavy atom. The van der Waals surface area contributed by atoms with E-state index in [-0.39, 0.29) is 12.4 Å². The normalized spacial score (nSPS) is 11.2. The predicted octanol–water partition coefficient (Wildman–Crippen LogP) is 3.80. The molecule has 0 amide bonds. The molecule has 0 bridgehead atoms. The van der Waals surface area contributed by atoms with Crippen molar-refractivity contribution in [3.05, 3.63) is 59.9 Å². The molecule has 0 saturated carbocycles. The molecule has 0 atom stereocenters. The number of aryl methyl sites for hydroxylation is 1. The first-order valence-electron chi connectivity index (χ1n) is 7.54. The summed E-state index contributed by atoms with van der Waals surface area (Å²) in [6.07, 6.45) is 0.0144. The van der Waals surface area contributed by atoms with Crippen molar-refractivity contribution in [3.63, 3.8) is 0 Å². The van der Waals surface area contributed by atoms with Gasteiger partial charge in [0.05, 0.1) is 24.5 Å². The first-order chi connectivity index (χ1) is 12.3. The maximum Gasteiger partial charge on any atom is 0.433 e. The van der Waals surface area contributed by atoms with Gasteiger partial charge in [0.25, 0.3) is 0 Å². The zero-order valence-electron chi connectivity index (χ0n) is 13.6. The summed E-state index contributed by atoms with van der Waals surface area (Å²) in [7, 11) is 0. The van der Waals surface area contributed by atoms with Crippen LogP contribution in [0.25, 0.3) is 5.69 Å². The molecule has 0 unspecified atom stereocenters. The van der Waals surface area contributed by atoms with Gasteiger partial charge in [0.15, 0.2) is 0 Å². The van der Waals surface area contributed by atoms with Crippen LogP contribution in [-0.4, -0.2) is 19.5 Å². The van der Waals surface area contributed by atoms with E-state index in [0.29, 0.717) is 11.4 Å². The minimum Gasteiger partial charge on any atom is -0.324 e. The van der Waals surface area contributed by atoms with Crippen molar-refractivity contribution in [2.75, 3.05) is 5.32 Å². The van der Waals surface area contributed by atoms with E-state index < -0.39 is 11.9 Å². The van der Waals surface area contributed by atoms with E-state index >= 15 is 0 Å². The van der Waals surface area contributed by atoms with Crippen molar-refractivity contribution in [2.45, 2.75) is 19.5 Å². The third-order valence-corrected chi connectivity index (χ3v) is 3.46. The summed E-state index contributed by atoms with van der Waals surface area (Å²) < 4.78 is 40.0. The second-order valence-electron chi connectivity index (χ2n) is 5.55. The Hall–Kier alpha value is -3.41. The van der Waals surface area contributed by atoms with Crippen LogP contribution in [0.15, 0.2) is 43.0 Å². The Bertz CT molecular complexity index is 971. The van der Waals surface area contributed by atoms with Crippen molar-refractivity contribution in [3.8, 4) is 11.8 Å². The summed E-state index contributed by atoms with van der Waals surface area (Å²) in [5.74, 6) is -0.146. The molecule has 0 aliphatic carbocycles. The zero-order chi connectivity index (χ0) is 18.7. The fraction of sp³-hybridized carbons (Fsp3) is 0.176. The minimum absolute atomic E-state index is 0.146. The molecule has 0 spiro atoms. The van der Waals surface area contributed by atoms with Gasteiger partial charge in [0, 0.05) is 23.8 Å². The highest BCUT2D eigenvalue weighted by molar-refractivity contribution is 5.59. The summed E-state index contributed by atoms with van der Waals surface area (Å²) in [4.78, 5) is 11.5. The molecule has 3 rings (SSSR count). The van der Waals surface area contributed by atoms with Gasteiger partial charge in [0.2, 0.25) is 5.95 Å². The first kappa shape index (κ1) is 17.4. The third-order valence-electron chi connectivity index (χ3n) is 3.46. The number of nitrogens with one attached hydrogen (secondary N) is 1. The lowest BCUT2D eigenvalue weighted by atomic mass is 10.2. The lowest BCUT2D eigenvalue weighted by molar-refractivity contribution is -0.141. The molecule has 0 aliphatic heterocycles. The van der Waals surface area contributed by atoms with Gasteiger partial charge in [-0.2, -0.15) is 18.4 Å². The predicted molar refractivity (Wildman–Crippen MR) is 87.9 cm³/mol. The van der Waals surface area contributed by atoms with Gasteiger partial charge in [-0.1, -0.05) is 0 Å². The Morgan fingerprint density at radius 3 is 2.77 bits per heavy atom. The highest BCUT2D eigenvalue weighted by Crippen LogP contribution is 2.28. The van der Waals surface area contributed by atoms with E-state index in [2.05, 4.69) is 20.3 Å². The molecule has 0 fully saturated rings. The number of nitrogens with zero attached hydrogens (tertiary/aromatic N) is 5. The van der Waals surface area contributed by atoms with Crippen LogP contribution in [-0.2, 0) is 12.6 Å². The van der Waals surface area contributed by atoms with Crippen molar-refractivity contribution < 1.29 is 13.2 Å². The molecule has 2 aromatic heterocycles. The molecular formula is C17H13F3N6. The summed E-state index contributed by atoms with van der Waals surface area (Å²) in [6, 6.07) is 8.22. The SMILES string of the molecule is Cc1cc(Nc2nccc(C(F)(F)F)n2)cc(-n2cnc(CC#N)c2)c1. The van der Waals surface area contributed by atoms with E-state index in [1.54, 1.807) is 29.2 Å². The van der Waals surface area contributed by atoms with Crippen LogP contribution in [0.3, 0.4) is 0 Å². The molecule has 26 heavy (non-hydrogen) atoms. The minimum atomic E-state index is -4.54. The van der Waals surface area contributed by atoms with Crippen LogP contribution < -0.4 is 5.32 Å². The Balaban J connectivity index is 1.90. The fourth-order valence-corrected chi connectivity index (χ4v) is 2.37. The number of nitriles is 1. The van der Waals surface area contributed by atoms with Crippen LogP contribution in [0.4, 0.5) is 24.8 Å². The summed E-state index contributed by atoms with van der Waals surface area (Å²) in [5, 5.41) is 11.5. The number of rotatable bonds is 4. The summed E-state index contributed by atoms with van der Waals surface area (Å²) >= 11 is 0. The van der Waals surface area contributed by atoms with Gasteiger partial charge in [-0.3, -0.25) is 0 Å². The average molecular weight is 358 g/mol. The topological polar surface area (TPSA) is 79.4 Å². The standard InChI is InChI=1S/C17H13F3N6/c1-11-6-13(24-16-22-5-3-15(25-16)17(18,19)20)8-14(7-11)26-9-12(2-4-21)23-10-26/h3,5-10H,2H2,1H3,(H,22,24,25). The van der Waals surface area contributed by atoms with Gasteiger partial charge in [-0.05, 0) is 36.8 Å². The molecular weight excluding hydrogens is 345 g/mol. The summed E-state index contributed by atoms with van der Waals surface area (Å²) in [6.45, 7) is 1.86. The van der Waals surface area contributed by atoms with E-state index in [9.17, 15) is 13.2 Å². The van der Waals surface area contributed by atoms with Crippen molar-refractivity contribution in [1.29, 1.82) is 5.26 Å². The zero-order valence-corrected chi connectivity index (χ0v) is 13.6. The van der Waals surface area contributed by atoms with E-state index in [1.807, 2.05) is 19.1 Å². The quantitative estimate of drug-likeness (QED) is 0.767. The molecule has 1 aromatic carbocycles. The highest BCUT2D eigenvalue weighted by atomic mass is 19.4. The molecule has 3 aromatic rings. The largest absolute Gasteiger partial charge is 0.433 e. The van der Waals surface area contributed by atoms with Gasteiger partial charge in [0.1, 0.15) is 5.69 Å². The van der Waals surface area contributed by atoms with Gasteiger partial charge in [-0.15, -0.1) is 0 Å². The highest BCUT2D eigenvalue weighted by Gasteiger charge is 2.32. The van der Waals surface area contributed by atoms with Crippen molar-refractivity contribution >= 4 is 11.6 Å². The monoisotopic (exact) mass is 358 g/mol. The Labute approximate surface area is 147 Å². The number of alkyl halides is 3. The number of hydrogen-bond acceptors (Lipinski definition) is 5. The van der Waals surface area contributed by atoms with E-state index in [0.717, 1.165) is 23.5 Å². The molecule has 1 N–H and O–H groups in total. The van der Waals surface area contributed by atoms with Crippen LogP contribution in [0.5, 0.6) is 0 Å². The van der Waals surface area contributed by atoms with Crippen LogP contribution >= 0.6 is 0 Å². The number of aromatic nitrogens is 4. The Morgan fingerprint density at radius 2 is 2.04 bits per heavy atom. The second kappa shape index (κ2) is 6.84. The van der Waals surface area contributed by atoms with Crippen LogP contribution in [0.2, 0.25) is 0 Å². The fourth-order valence-electron chi connectivity index (χ4n) is 2.37. The third kappa shape index (κ3) is 3.97. The number of halogens is 3. The van der Waals surface area contributed by atoms with Crippen molar-refractivity contribution in [1.82, 2.24) is 19.5 Å². The maximum atomic E-state index is 12.8. The lowest BCUT2D eigenvalue weighted by Gasteiger charge is -2.11.